The summed E-state index contributed by atoms with van der Waals surface area (Å²) in [7, 11) is -1.78. The first kappa shape index (κ1) is 97.1. The van der Waals surface area contributed by atoms with Crippen LogP contribution in [0.25, 0.3) is 79.5 Å². The van der Waals surface area contributed by atoms with Gasteiger partial charge in [0.25, 0.3) is 6.47 Å². The number of hydrogen-bond donors (Lipinski definition) is 0. The normalized spacial score (nSPS) is 10.5. The summed E-state index contributed by atoms with van der Waals surface area (Å²) in [6, 6.07) is 172. The molecule has 0 aliphatic rings. The first-order valence-corrected chi connectivity index (χ1v) is 48.4. The van der Waals surface area contributed by atoms with Crippen LogP contribution in [0.1, 0.15) is 1.43 Å². The first-order chi connectivity index (χ1) is 62.4. The molecule has 5 aromatic heterocycles. The predicted molar refractivity (Wildman–Crippen MR) is 543 cm³/mol. The zero-order valence-electron chi connectivity index (χ0n) is 71.7. The quantitative estimate of drug-likeness (QED) is 0.0251. The molecule has 0 fully saturated rings. The number of fused-ring (bicyclic) bond motifs is 9. The summed E-state index contributed by atoms with van der Waals surface area (Å²) < 4.78 is 6.99. The van der Waals surface area contributed by atoms with Gasteiger partial charge in [-0.15, -0.1) is 22.7 Å². The first-order valence-electron chi connectivity index (χ1n) is 41.0. The minimum Gasteiger partial charge on any atom is -1.00 e. The number of hydrogen-bond acceptors (Lipinski definition) is 9. The third-order valence-corrected chi connectivity index (χ3v) is 32.5. The SMILES string of the molecule is Clc1ncc2sc3ccccc3c2n1.O=CO[O-].[H-].[K+].[K+].[Pd].c1cc(-c2ncc3sc4ccccc4c3n2)cc(-n2c3ccccc3c3ccccc32)c1.c1ccc(P(c2ccccc2)c2ccccc2)cc1.c1ccc(P(c2ccccc2)c2ccccc2)cc1.c1ccc(P(c2ccccc2)c2ccccc2)cc1.c1ccc(P(c2ccccc2)c2ccccc2)cc1. The van der Waals surface area contributed by atoms with E-state index in [9.17, 15) is 0 Å². The van der Waals surface area contributed by atoms with Crippen LogP contribution >= 0.6 is 66.0 Å². The van der Waals surface area contributed by atoms with E-state index in [-0.39, 0.29) is 131 Å². The van der Waals surface area contributed by atoms with E-state index in [1.807, 2.05) is 18.3 Å². The van der Waals surface area contributed by atoms with Crippen LogP contribution in [0.4, 0.5) is 0 Å². The molecular formula is C111H84ClK2N5O3P4PdS2. The van der Waals surface area contributed by atoms with E-state index in [2.05, 4.69) is 493 Å². The van der Waals surface area contributed by atoms with Gasteiger partial charge in [-0.25, -0.2) is 19.9 Å². The van der Waals surface area contributed by atoms with Crippen LogP contribution in [-0.4, -0.2) is 31.0 Å². The molecule has 18 heteroatoms. The largest absolute Gasteiger partial charge is 1.00 e. The Morgan fingerprint density at radius 1 is 0.287 bits per heavy atom. The minimum atomic E-state index is -0.446. The fourth-order valence-electron chi connectivity index (χ4n) is 14.8. The molecule has 0 saturated carbocycles. The van der Waals surface area contributed by atoms with Crippen molar-refractivity contribution < 1.29 is 140 Å². The van der Waals surface area contributed by atoms with Crippen molar-refractivity contribution in [2.45, 2.75) is 0 Å². The summed E-state index contributed by atoms with van der Waals surface area (Å²) in [5.74, 6) is 0.753. The fourth-order valence-corrected chi connectivity index (χ4v) is 26.2. The Kier molecular flexibility index (Phi) is 38.2. The molecule has 129 heavy (non-hydrogen) atoms. The van der Waals surface area contributed by atoms with Gasteiger partial charge in [-0.05, 0) is 143 Å². The molecule has 17 aromatic carbocycles. The van der Waals surface area contributed by atoms with Crippen LogP contribution in [0.2, 0.25) is 5.28 Å². The van der Waals surface area contributed by atoms with Crippen molar-refractivity contribution in [2.24, 2.45) is 0 Å². The summed E-state index contributed by atoms with van der Waals surface area (Å²) in [4.78, 5) is 29.1. The van der Waals surface area contributed by atoms with E-state index in [1.165, 1.54) is 100 Å². The second-order valence-corrected chi connectivity index (χ2v) is 39.8. The summed E-state index contributed by atoms with van der Waals surface area (Å²) in [5.41, 5.74) is 6.50. The number of carbonyl (C=O) groups excluding carboxylic acids is 1. The van der Waals surface area contributed by atoms with E-state index in [0.29, 0.717) is 5.28 Å². The average molecular weight is 1940 g/mol. The van der Waals surface area contributed by atoms with E-state index in [0.717, 1.165) is 42.9 Å². The molecule has 5 heterocycles. The Hall–Kier alpha value is -9.48. The molecular weight excluding hydrogens is 1860 g/mol. The Balaban J connectivity index is 0.000000142. The van der Waals surface area contributed by atoms with Crippen molar-refractivity contribution in [1.29, 1.82) is 0 Å². The van der Waals surface area contributed by atoms with E-state index >= 15 is 0 Å². The van der Waals surface area contributed by atoms with Gasteiger partial charge >= 0.3 is 103 Å². The maximum Gasteiger partial charge on any atom is 1.00 e. The summed E-state index contributed by atoms with van der Waals surface area (Å²) in [5, 5.41) is 30.4. The third kappa shape index (κ3) is 25.4. The van der Waals surface area contributed by atoms with Gasteiger partial charge in [-0.3, -0.25) is 4.79 Å². The Bertz CT molecular complexity index is 6250. The predicted octanol–water partition coefficient (Wildman–Crippen LogP) is 17.4. The number of benzene rings is 17. The van der Waals surface area contributed by atoms with Crippen LogP contribution in [0.15, 0.2) is 498 Å². The molecule has 0 amide bonds. The van der Waals surface area contributed by atoms with Crippen molar-refractivity contribution in [2.75, 3.05) is 0 Å². The zero-order chi connectivity index (χ0) is 85.7. The monoisotopic (exact) mass is 1940 g/mol. The molecule has 8 nitrogen and oxygen atoms in total. The summed E-state index contributed by atoms with van der Waals surface area (Å²) in [6.07, 6.45) is 3.73. The smallest absolute Gasteiger partial charge is 1.00 e. The van der Waals surface area contributed by atoms with Crippen LogP contribution in [0.3, 0.4) is 0 Å². The topological polar surface area (TPSA) is 106 Å². The van der Waals surface area contributed by atoms with Crippen LogP contribution in [0, 0.1) is 0 Å². The molecule has 0 aliphatic carbocycles. The van der Waals surface area contributed by atoms with Crippen molar-refractivity contribution >= 4 is 198 Å². The van der Waals surface area contributed by atoms with Crippen molar-refractivity contribution in [3.63, 3.8) is 0 Å². The van der Waals surface area contributed by atoms with Crippen LogP contribution in [0.5, 0.6) is 0 Å². The summed E-state index contributed by atoms with van der Waals surface area (Å²) in [6.45, 7) is -0.181. The van der Waals surface area contributed by atoms with Gasteiger partial charge in [0.15, 0.2) is 5.82 Å². The second-order valence-electron chi connectivity index (χ2n) is 28.4. The van der Waals surface area contributed by atoms with Crippen LogP contribution in [-0.2, 0) is 30.1 Å². The number of carbonyl (C=O) groups is 1. The minimum absolute atomic E-state index is 0. The molecule has 0 radical (unpaired) electrons. The molecule has 0 unspecified atom stereocenters. The Morgan fingerprint density at radius 2 is 0.519 bits per heavy atom. The number of halogens is 1. The third-order valence-electron chi connectivity index (χ3n) is 20.4. The Labute approximate surface area is 871 Å². The maximum atomic E-state index is 8.64. The zero-order valence-corrected chi connectivity index (χ0v) is 84.4. The molecule has 0 N–H and O–H groups in total. The van der Waals surface area contributed by atoms with Gasteiger partial charge in [-0.2, -0.15) is 0 Å². The number of nitrogens with zero attached hydrogens (tertiary/aromatic N) is 5. The standard InChI is InChI=1S/C28H17N3S.4C18H15P.C10H5ClN2S.CH2O3.2K.Pd.H/c1-4-13-23-20(10-1)21-11-2-5-14-24(21)31(23)19-9-7-8-18(16-19)28-29-17-26-27(30-28)22-12-3-6-15-25(22)32-26;4*1-4-10-16(11-5-1)19(17-12-6-2-7-13-17)18-14-8-3-9-15-18;11-10-12-5-8-9(13-10)6-3-1-2-4-7(6)14-8;2-1-4-3;;;;/h1-17H;4*1-15H;1-5H;1,3H;;;;/q;;;;;;;2*+1;;-1/p-1. The van der Waals surface area contributed by atoms with Crippen molar-refractivity contribution in [1.82, 2.24) is 24.5 Å². The van der Waals surface area contributed by atoms with Crippen molar-refractivity contribution in [3.05, 3.63) is 503 Å². The Morgan fingerprint density at radius 3 is 0.791 bits per heavy atom. The molecule has 0 spiro atoms. The number of para-hydroxylation sites is 2. The summed E-state index contributed by atoms with van der Waals surface area (Å²) >= 11 is 9.19. The number of aromatic nitrogens is 5. The van der Waals surface area contributed by atoms with Crippen molar-refractivity contribution in [3.8, 4) is 17.1 Å². The molecule has 622 valence electrons. The van der Waals surface area contributed by atoms with E-state index in [1.54, 1.807) is 28.9 Å². The van der Waals surface area contributed by atoms with Gasteiger partial charge in [0.05, 0.1) is 31.5 Å². The second kappa shape index (κ2) is 50.8. The van der Waals surface area contributed by atoms with Crippen LogP contribution < -0.4 is 172 Å². The van der Waals surface area contributed by atoms with Gasteiger partial charge in [-0.1, -0.05) is 449 Å². The number of thiophene rings is 2. The molecule has 0 atom stereocenters. The van der Waals surface area contributed by atoms with Gasteiger partial charge < -0.3 is 16.1 Å². The average Bonchev–Trinajstić information content (AvgIpc) is 1.60. The number of rotatable bonds is 15. The molecule has 22 rings (SSSR count). The van der Waals surface area contributed by atoms with Gasteiger partial charge in [0.2, 0.25) is 5.28 Å². The van der Waals surface area contributed by atoms with Gasteiger partial charge in [0, 0.05) is 75.0 Å². The van der Waals surface area contributed by atoms with E-state index < -0.39 is 31.7 Å². The van der Waals surface area contributed by atoms with Gasteiger partial charge in [0.1, 0.15) is 0 Å². The molecule has 22 aromatic rings. The molecule has 0 aliphatic heterocycles. The molecule has 0 bridgehead atoms. The molecule has 0 saturated heterocycles. The fraction of sp³-hybridized carbons (Fsp3) is 0. The van der Waals surface area contributed by atoms with E-state index in [4.69, 9.17) is 31.6 Å². The maximum absolute atomic E-state index is 8.64.